The highest BCUT2D eigenvalue weighted by molar-refractivity contribution is 9.38. The van der Waals surface area contributed by atoms with Gasteiger partial charge < -0.3 is 0 Å². The lowest BCUT2D eigenvalue weighted by Gasteiger charge is -2.05. The lowest BCUT2D eigenvalue weighted by Crippen LogP contribution is -1.94. The van der Waals surface area contributed by atoms with Crippen molar-refractivity contribution in [3.8, 4) is 0 Å². The number of rotatable bonds is 0. The number of thiazole rings is 1. The quantitative estimate of drug-likeness (QED) is 0.531. The van der Waals surface area contributed by atoms with Crippen molar-refractivity contribution < 1.29 is 0 Å². The van der Waals surface area contributed by atoms with Gasteiger partial charge in [-0.15, -0.1) is 11.3 Å². The van der Waals surface area contributed by atoms with E-state index in [9.17, 15) is 0 Å². The van der Waals surface area contributed by atoms with Crippen molar-refractivity contribution in [1.82, 2.24) is 4.98 Å². The van der Waals surface area contributed by atoms with Crippen LogP contribution >= 0.6 is 70.7 Å². The monoisotopic (exact) mass is 417 g/mol. The van der Waals surface area contributed by atoms with Gasteiger partial charge in [-0.2, -0.15) is 0 Å². The smallest absolute Gasteiger partial charge is 0.186 e. The van der Waals surface area contributed by atoms with Crippen LogP contribution < -0.4 is 0 Å². The molecule has 0 amide bonds. The molecule has 0 aliphatic heterocycles. The summed E-state index contributed by atoms with van der Waals surface area (Å²) >= 11 is 17.8. The third-order valence-corrected chi connectivity index (χ3v) is 4.90. The van der Waals surface area contributed by atoms with Crippen molar-refractivity contribution in [1.29, 1.82) is 0 Å². The number of alkyl halides is 3. The number of fused-ring (bicyclic) bond motifs is 1. The summed E-state index contributed by atoms with van der Waals surface area (Å²) in [6, 6.07) is 5.69. The number of halogens is 4. The Kier molecular flexibility index (Phi) is 3.25. The van der Waals surface area contributed by atoms with E-state index in [1.54, 1.807) is 11.3 Å². The highest BCUT2D eigenvalue weighted by Gasteiger charge is 2.25. The highest BCUT2D eigenvalue weighted by Crippen LogP contribution is 2.47. The number of nitrogens with zero attached hydrogens (tertiary/aromatic N) is 1. The molecule has 0 saturated carbocycles. The predicted octanol–water partition coefficient (Wildman–Crippen LogP) is 5.24. The zero-order valence-electron chi connectivity index (χ0n) is 6.60. The van der Waals surface area contributed by atoms with E-state index in [0.717, 1.165) is 15.2 Å². The lowest BCUT2D eigenvalue weighted by molar-refractivity contribution is 1.28. The minimum absolute atomic E-state index is 0.441. The molecule has 1 nitrogen and oxygen atoms in total. The average molecular weight is 420 g/mol. The topological polar surface area (TPSA) is 12.9 Å². The molecule has 0 saturated heterocycles. The summed E-state index contributed by atoms with van der Waals surface area (Å²) in [6.45, 7) is 0. The summed E-state index contributed by atoms with van der Waals surface area (Å²) in [5, 5.41) is 1.62. The van der Waals surface area contributed by atoms with Crippen LogP contribution in [0.5, 0.6) is 0 Å². The summed E-state index contributed by atoms with van der Waals surface area (Å²) in [5.41, 5.74) is 0.917. The molecule has 0 unspecified atom stereocenters. The Morgan fingerprint density at radius 3 is 2.64 bits per heavy atom. The summed E-state index contributed by atoms with van der Waals surface area (Å²) < 4.78 is 0.676. The second kappa shape index (κ2) is 4.01. The maximum Gasteiger partial charge on any atom is 0.186 e. The molecule has 2 aromatic rings. The lowest BCUT2D eigenvalue weighted by atomic mass is 10.3. The second-order valence-corrected chi connectivity index (χ2v) is 10.9. The molecule has 0 atom stereocenters. The Morgan fingerprint density at radius 2 is 2.00 bits per heavy atom. The van der Waals surface area contributed by atoms with Crippen LogP contribution in [0.1, 0.15) is 5.01 Å². The van der Waals surface area contributed by atoms with Gasteiger partial charge in [0.2, 0.25) is 0 Å². The molecule has 0 radical (unpaired) electrons. The standard InChI is InChI=1S/C8H3Br3ClNS/c9-8(10,11)7-13-5-3-4(12)1-2-6(5)14-7/h1-3H. The zero-order chi connectivity index (χ0) is 10.3. The Balaban J connectivity index is 2.63. The number of benzene rings is 1. The van der Waals surface area contributed by atoms with E-state index in [4.69, 9.17) is 11.6 Å². The van der Waals surface area contributed by atoms with Crippen molar-refractivity contribution >= 4 is 80.9 Å². The third-order valence-electron chi connectivity index (χ3n) is 1.59. The Labute approximate surface area is 115 Å². The van der Waals surface area contributed by atoms with Gasteiger partial charge in [0, 0.05) is 5.02 Å². The van der Waals surface area contributed by atoms with Crippen LogP contribution in [-0.4, -0.2) is 4.98 Å². The van der Waals surface area contributed by atoms with Crippen LogP contribution in [0.3, 0.4) is 0 Å². The fraction of sp³-hybridized carbons (Fsp3) is 0.125. The fourth-order valence-corrected chi connectivity index (χ4v) is 3.00. The molecule has 1 aromatic carbocycles. The first-order chi connectivity index (χ1) is 6.47. The first-order valence-corrected chi connectivity index (χ1v) is 7.17. The summed E-state index contributed by atoms with van der Waals surface area (Å²) in [4.78, 5) is 4.44. The van der Waals surface area contributed by atoms with E-state index in [1.807, 2.05) is 18.2 Å². The van der Waals surface area contributed by atoms with Gasteiger partial charge in [0.15, 0.2) is 2.14 Å². The van der Waals surface area contributed by atoms with Gasteiger partial charge in [0.05, 0.1) is 10.2 Å². The average Bonchev–Trinajstić information content (AvgIpc) is 2.45. The van der Waals surface area contributed by atoms with Gasteiger partial charge in [-0.1, -0.05) is 59.4 Å². The molecule has 0 aliphatic carbocycles. The fourth-order valence-electron chi connectivity index (χ4n) is 1.02. The van der Waals surface area contributed by atoms with E-state index in [-0.39, 0.29) is 0 Å². The number of hydrogen-bond donors (Lipinski definition) is 0. The maximum atomic E-state index is 5.87. The molecule has 2 rings (SSSR count). The van der Waals surface area contributed by atoms with Crippen LogP contribution in [0.25, 0.3) is 10.2 Å². The van der Waals surface area contributed by atoms with Crippen LogP contribution in [-0.2, 0) is 2.14 Å². The van der Waals surface area contributed by atoms with Crippen LogP contribution in [0.15, 0.2) is 18.2 Å². The van der Waals surface area contributed by atoms with Crippen molar-refractivity contribution in [2.24, 2.45) is 0 Å². The SMILES string of the molecule is Clc1ccc2sc(C(Br)(Br)Br)nc2c1. The van der Waals surface area contributed by atoms with Crippen molar-refractivity contribution in [3.63, 3.8) is 0 Å². The molecule has 74 valence electrons. The van der Waals surface area contributed by atoms with Gasteiger partial charge in [0.1, 0.15) is 5.01 Å². The van der Waals surface area contributed by atoms with Gasteiger partial charge >= 0.3 is 0 Å². The van der Waals surface area contributed by atoms with Crippen molar-refractivity contribution in [2.45, 2.75) is 2.14 Å². The largest absolute Gasteiger partial charge is 0.238 e. The first-order valence-electron chi connectivity index (χ1n) is 3.60. The van der Waals surface area contributed by atoms with E-state index < -0.39 is 2.14 Å². The number of aromatic nitrogens is 1. The minimum atomic E-state index is -0.441. The predicted molar refractivity (Wildman–Crippen MR) is 73.1 cm³/mol. The Hall–Kier alpha value is 0.840. The van der Waals surface area contributed by atoms with E-state index in [2.05, 4.69) is 52.8 Å². The van der Waals surface area contributed by atoms with Gasteiger partial charge in [-0.3, -0.25) is 0 Å². The maximum absolute atomic E-state index is 5.87. The Bertz CT molecular complexity index is 477. The molecule has 0 spiro atoms. The van der Waals surface area contributed by atoms with Gasteiger partial charge in [0.25, 0.3) is 0 Å². The van der Waals surface area contributed by atoms with E-state index in [0.29, 0.717) is 5.02 Å². The van der Waals surface area contributed by atoms with Crippen LogP contribution in [0.2, 0.25) is 5.02 Å². The molecular weight excluding hydrogens is 417 g/mol. The molecule has 14 heavy (non-hydrogen) atoms. The third kappa shape index (κ3) is 2.32. The molecule has 6 heteroatoms. The Morgan fingerprint density at radius 1 is 1.29 bits per heavy atom. The molecular formula is C8H3Br3ClNS. The summed E-state index contributed by atoms with van der Waals surface area (Å²) in [7, 11) is 0. The molecule has 0 aliphatic rings. The van der Waals surface area contributed by atoms with Gasteiger partial charge in [-0.25, -0.2) is 4.98 Å². The molecule has 0 bridgehead atoms. The normalized spacial score (nSPS) is 12.3. The molecule has 0 fully saturated rings. The van der Waals surface area contributed by atoms with E-state index >= 15 is 0 Å². The summed E-state index contributed by atoms with van der Waals surface area (Å²) in [6.07, 6.45) is 0. The summed E-state index contributed by atoms with van der Waals surface area (Å²) in [5.74, 6) is 0. The van der Waals surface area contributed by atoms with Crippen molar-refractivity contribution in [3.05, 3.63) is 28.2 Å². The van der Waals surface area contributed by atoms with Crippen LogP contribution in [0, 0.1) is 0 Å². The second-order valence-electron chi connectivity index (χ2n) is 2.63. The van der Waals surface area contributed by atoms with Crippen molar-refractivity contribution in [2.75, 3.05) is 0 Å². The zero-order valence-corrected chi connectivity index (χ0v) is 12.9. The molecule has 1 heterocycles. The van der Waals surface area contributed by atoms with Gasteiger partial charge in [-0.05, 0) is 18.2 Å². The van der Waals surface area contributed by atoms with Crippen LogP contribution in [0.4, 0.5) is 0 Å². The molecule has 1 aromatic heterocycles. The molecule has 0 N–H and O–H groups in total. The van der Waals surface area contributed by atoms with E-state index in [1.165, 1.54) is 0 Å². The minimum Gasteiger partial charge on any atom is -0.238 e. The first kappa shape index (κ1) is 11.3. The number of hydrogen-bond acceptors (Lipinski definition) is 2. The highest BCUT2D eigenvalue weighted by atomic mass is 80.0.